The molecular formula is C122H99FN4O. The largest absolute Gasteiger partial charge is 0.456 e. The van der Waals surface area contributed by atoms with Crippen molar-refractivity contribution in [2.75, 3.05) is 19.6 Å². The number of anilines is 12. The Balaban J connectivity index is 0.000000108. The zero-order chi connectivity index (χ0) is 87.4. The highest BCUT2D eigenvalue weighted by Crippen LogP contribution is 2.60. The van der Waals surface area contributed by atoms with E-state index in [1.165, 1.54) is 141 Å². The summed E-state index contributed by atoms with van der Waals surface area (Å²) < 4.78 is 19.9. The molecule has 23 rings (SSSR count). The van der Waals surface area contributed by atoms with Crippen LogP contribution in [-0.4, -0.2) is 0 Å². The molecule has 18 aromatic carbocycles. The normalized spacial score (nSPS) is 13.5. The smallest absolute Gasteiger partial charge is 0.135 e. The zero-order valence-corrected chi connectivity index (χ0v) is 73.4. The van der Waals surface area contributed by atoms with Crippen LogP contribution in [0.4, 0.5) is 72.6 Å². The molecule has 6 heteroatoms. The van der Waals surface area contributed by atoms with Crippen molar-refractivity contribution in [2.24, 2.45) is 0 Å². The lowest BCUT2D eigenvalue weighted by Gasteiger charge is -2.29. The highest BCUT2D eigenvalue weighted by molar-refractivity contribution is 6.08. The number of fused-ring (bicyclic) bond motifs is 15. The molecular weight excluding hydrogens is 1560 g/mol. The van der Waals surface area contributed by atoms with E-state index in [4.69, 9.17) is 4.42 Å². The van der Waals surface area contributed by atoms with Crippen LogP contribution in [0.1, 0.15) is 105 Å². The van der Waals surface area contributed by atoms with E-state index in [9.17, 15) is 4.39 Å². The minimum Gasteiger partial charge on any atom is -0.456 e. The van der Waals surface area contributed by atoms with Gasteiger partial charge in [-0.05, 0) is 229 Å². The molecule has 4 aliphatic carbocycles. The van der Waals surface area contributed by atoms with E-state index in [0.29, 0.717) is 0 Å². The van der Waals surface area contributed by atoms with Crippen molar-refractivity contribution in [3.8, 4) is 55.6 Å². The molecule has 0 saturated heterocycles. The van der Waals surface area contributed by atoms with E-state index in [2.05, 4.69) is 482 Å². The summed E-state index contributed by atoms with van der Waals surface area (Å²) in [7, 11) is 0. The molecule has 0 atom stereocenters. The number of hydrogen-bond acceptors (Lipinski definition) is 5. The third-order valence-electron chi connectivity index (χ3n) is 26.7. The summed E-state index contributed by atoms with van der Waals surface area (Å²) in [5.74, 6) is -0.240. The maximum absolute atomic E-state index is 13.7. The first-order chi connectivity index (χ1) is 62.4. The topological polar surface area (TPSA) is 26.1 Å². The number of rotatable bonds is 14. The van der Waals surface area contributed by atoms with Gasteiger partial charge >= 0.3 is 0 Å². The Morgan fingerprint density at radius 2 is 0.484 bits per heavy atom. The minimum atomic E-state index is -0.240. The van der Waals surface area contributed by atoms with E-state index in [-0.39, 0.29) is 27.5 Å². The Kier molecular flexibility index (Phi) is 21.1. The average Bonchev–Trinajstić information content (AvgIpc) is 1.58. The highest BCUT2D eigenvalue weighted by Gasteiger charge is 2.42. The van der Waals surface area contributed by atoms with Crippen LogP contribution in [0.15, 0.2) is 448 Å². The van der Waals surface area contributed by atoms with Gasteiger partial charge in [0.15, 0.2) is 0 Å². The van der Waals surface area contributed by atoms with Crippen molar-refractivity contribution in [1.29, 1.82) is 0 Å². The standard InChI is InChI=1S/C33H25NO.C33H27N.C29H24FN.C27H23N/c1-33(2)27-15-8-6-14-25(27)32-28(33)16-10-17-29(32)34(22-11-4-3-5-12-22)23-19-20-31-26(21-23)24-13-7-9-18-30(24)35-31;1-33(2)29-17-10-9-16-28(29)32-30(33)18-11-19-31(32)34(26-14-7-4-8-15-26)27-22-20-25(21-23-27)24-12-5-3-6-13-24;1-4-20-12-16-22(17-13-20)31(23-18-14-21(30)15-19-23)27-11-7-10-26-28(27)24-8-5-6-9-25(24)29(26,2)3;1-27(2)23-17-10-9-16-22(23)26-24(27)18-11-19-25(26)28(20-12-5-3-6-13-20)21-14-7-4-8-15-21/h3-21H,1-2H3;3-23H,1-2H3;4-19H,1H2,2-3H3;3-19H,1-2H3. The van der Waals surface area contributed by atoms with Crippen LogP contribution in [0.5, 0.6) is 0 Å². The lowest BCUT2D eigenvalue weighted by Crippen LogP contribution is -2.16. The fraction of sp³-hybridized carbons (Fsp3) is 0.0984. The second kappa shape index (κ2) is 33.3. The van der Waals surface area contributed by atoms with E-state index in [1.54, 1.807) is 0 Å². The van der Waals surface area contributed by atoms with Crippen LogP contribution in [0, 0.1) is 5.82 Å². The number of para-hydroxylation sites is 5. The van der Waals surface area contributed by atoms with Gasteiger partial charge in [-0.2, -0.15) is 0 Å². The van der Waals surface area contributed by atoms with E-state index >= 15 is 0 Å². The van der Waals surface area contributed by atoms with Crippen molar-refractivity contribution < 1.29 is 8.81 Å². The van der Waals surface area contributed by atoms with Gasteiger partial charge in [-0.25, -0.2) is 4.39 Å². The summed E-state index contributed by atoms with van der Waals surface area (Å²) in [4.78, 5) is 9.37. The Morgan fingerprint density at radius 3 is 0.836 bits per heavy atom. The molecule has 620 valence electrons. The van der Waals surface area contributed by atoms with Gasteiger partial charge in [0, 0.05) is 100 Å². The lowest BCUT2D eigenvalue weighted by atomic mass is 9.82. The van der Waals surface area contributed by atoms with E-state index in [1.807, 2.05) is 30.3 Å². The maximum atomic E-state index is 13.7. The summed E-state index contributed by atoms with van der Waals surface area (Å²) in [6.45, 7) is 22.4. The quantitative estimate of drug-likeness (QED) is 0.108. The number of nitrogens with zero attached hydrogens (tertiary/aromatic N) is 4. The summed E-state index contributed by atoms with van der Waals surface area (Å²) >= 11 is 0. The van der Waals surface area contributed by atoms with E-state index < -0.39 is 0 Å². The third kappa shape index (κ3) is 14.3. The monoisotopic (exact) mass is 1650 g/mol. The van der Waals surface area contributed by atoms with Gasteiger partial charge in [0.1, 0.15) is 17.0 Å². The molecule has 1 heterocycles. The first-order valence-electron chi connectivity index (χ1n) is 44.3. The predicted molar refractivity (Wildman–Crippen MR) is 538 cm³/mol. The van der Waals surface area contributed by atoms with Crippen LogP contribution in [0.25, 0.3) is 83.6 Å². The van der Waals surface area contributed by atoms with Crippen molar-refractivity contribution in [1.82, 2.24) is 0 Å². The van der Waals surface area contributed by atoms with Gasteiger partial charge in [-0.3, -0.25) is 0 Å². The fourth-order valence-electron chi connectivity index (χ4n) is 20.3. The molecule has 0 spiro atoms. The lowest BCUT2D eigenvalue weighted by molar-refractivity contribution is 0.628. The van der Waals surface area contributed by atoms with Gasteiger partial charge in [-0.15, -0.1) is 0 Å². The van der Waals surface area contributed by atoms with Crippen molar-refractivity contribution in [3.63, 3.8) is 0 Å². The second-order valence-corrected chi connectivity index (χ2v) is 35.6. The molecule has 0 unspecified atom stereocenters. The third-order valence-corrected chi connectivity index (χ3v) is 26.7. The first-order valence-corrected chi connectivity index (χ1v) is 44.3. The summed E-state index contributed by atoms with van der Waals surface area (Å²) in [5.41, 5.74) is 40.2. The van der Waals surface area contributed by atoms with Crippen molar-refractivity contribution in [2.45, 2.75) is 77.0 Å². The Morgan fingerprint density at radius 1 is 0.227 bits per heavy atom. The van der Waals surface area contributed by atoms with Crippen molar-refractivity contribution in [3.05, 3.63) is 499 Å². The van der Waals surface area contributed by atoms with Gasteiger partial charge in [0.05, 0.1) is 22.7 Å². The second-order valence-electron chi connectivity index (χ2n) is 35.6. The number of hydrogen-bond donors (Lipinski definition) is 0. The molecule has 128 heavy (non-hydrogen) atoms. The molecule has 4 aliphatic rings. The number of benzene rings is 18. The molecule has 0 radical (unpaired) electrons. The van der Waals surface area contributed by atoms with E-state index in [0.717, 1.165) is 67.3 Å². The minimum absolute atomic E-state index is 0.000975. The molecule has 0 saturated carbocycles. The van der Waals surface area contributed by atoms with Gasteiger partial charge in [0.2, 0.25) is 0 Å². The SMILES string of the molecule is C=Cc1ccc(N(c2ccc(F)cc2)c2cccc3c2-c2ccccc2C3(C)C)cc1.CC1(C)c2ccccc2-c2c(N(c3ccccc3)c3ccc(-c4ccccc4)cc3)cccc21.CC1(C)c2ccccc2-c2c(N(c3ccccc3)c3ccc4oc5ccccc5c4c3)cccc21.CC1(C)c2ccccc2-c2c(N(c3ccccc3)c3ccccc3)cccc21. The van der Waals surface area contributed by atoms with Gasteiger partial charge in [0.25, 0.3) is 0 Å². The van der Waals surface area contributed by atoms with Gasteiger partial charge in [-0.1, -0.05) is 359 Å². The number of halogens is 1. The van der Waals surface area contributed by atoms with Crippen LogP contribution in [-0.2, 0) is 21.7 Å². The zero-order valence-electron chi connectivity index (χ0n) is 73.4. The Labute approximate surface area is 751 Å². The van der Waals surface area contributed by atoms with Crippen LogP contribution < -0.4 is 19.6 Å². The Bertz CT molecular complexity index is 7280. The molecule has 0 N–H and O–H groups in total. The maximum Gasteiger partial charge on any atom is 0.135 e. The fourth-order valence-corrected chi connectivity index (χ4v) is 20.3. The average molecular weight is 1660 g/mol. The highest BCUT2D eigenvalue weighted by atomic mass is 19.1. The van der Waals surface area contributed by atoms with Crippen molar-refractivity contribution >= 4 is 96.3 Å². The molecule has 19 aromatic rings. The summed E-state index contributed by atoms with van der Waals surface area (Å²) in [6.07, 6.45) is 1.84. The summed E-state index contributed by atoms with van der Waals surface area (Å²) in [5, 5.41) is 2.27. The molecule has 5 nitrogen and oxygen atoms in total. The molecule has 1 aromatic heterocycles. The summed E-state index contributed by atoms with van der Waals surface area (Å²) in [6, 6.07) is 154. The molecule has 0 bridgehead atoms. The van der Waals surface area contributed by atoms with Crippen LogP contribution in [0.3, 0.4) is 0 Å². The molecule has 0 amide bonds. The van der Waals surface area contributed by atoms with Gasteiger partial charge < -0.3 is 24.0 Å². The molecule has 0 aliphatic heterocycles. The predicted octanol–water partition coefficient (Wildman–Crippen LogP) is 34.2. The first kappa shape index (κ1) is 81.0. The molecule has 0 fully saturated rings. The van der Waals surface area contributed by atoms with Crippen LogP contribution in [0.2, 0.25) is 0 Å². The number of furan rings is 1. The Hall–Kier alpha value is -15.4. The van der Waals surface area contributed by atoms with Crippen LogP contribution >= 0.6 is 0 Å².